The Balaban J connectivity index is 0.00000210. The molecule has 1 saturated heterocycles. The van der Waals surface area contributed by atoms with Crippen LogP contribution in [0.5, 0.6) is 5.75 Å². The Kier molecular flexibility index (Phi) is 5.89. The van der Waals surface area contributed by atoms with Gasteiger partial charge in [-0.25, -0.2) is 0 Å². The van der Waals surface area contributed by atoms with E-state index < -0.39 is 0 Å². The maximum Gasteiger partial charge on any atom is 0.262 e. The molecule has 2 aliphatic rings. The second-order valence-electron chi connectivity index (χ2n) is 6.32. The summed E-state index contributed by atoms with van der Waals surface area (Å²) in [5.74, 6) is 0.254. The Labute approximate surface area is 168 Å². The van der Waals surface area contributed by atoms with E-state index in [-0.39, 0.29) is 36.9 Å². The predicted molar refractivity (Wildman–Crippen MR) is 106 cm³/mol. The van der Waals surface area contributed by atoms with E-state index in [1.54, 1.807) is 18.2 Å². The highest BCUT2D eigenvalue weighted by Gasteiger charge is 2.29. The molecule has 0 radical (unpaired) electrons. The third kappa shape index (κ3) is 4.03. The molecule has 142 valence electrons. The van der Waals surface area contributed by atoms with E-state index in [1.165, 1.54) is 0 Å². The third-order valence-electron chi connectivity index (χ3n) is 4.60. The number of benzene rings is 2. The van der Waals surface area contributed by atoms with E-state index in [4.69, 9.17) is 16.3 Å². The number of hydrogen-bond acceptors (Lipinski definition) is 4. The van der Waals surface area contributed by atoms with Crippen LogP contribution in [0.3, 0.4) is 0 Å². The molecule has 6 nitrogen and oxygen atoms in total. The number of fused-ring (bicyclic) bond motifs is 1. The molecule has 2 N–H and O–H groups in total. The van der Waals surface area contributed by atoms with Gasteiger partial charge >= 0.3 is 0 Å². The molecule has 1 unspecified atom stereocenters. The van der Waals surface area contributed by atoms with Crippen LogP contribution in [-0.2, 0) is 4.79 Å². The molecular formula is C19H19Cl2N3O3. The van der Waals surface area contributed by atoms with E-state index in [0.717, 1.165) is 12.1 Å². The summed E-state index contributed by atoms with van der Waals surface area (Å²) in [4.78, 5) is 26.4. The lowest BCUT2D eigenvalue weighted by Gasteiger charge is -2.37. The second kappa shape index (κ2) is 8.17. The van der Waals surface area contributed by atoms with Gasteiger partial charge in [0.2, 0.25) is 0 Å². The van der Waals surface area contributed by atoms with Gasteiger partial charge < -0.3 is 20.3 Å². The van der Waals surface area contributed by atoms with Crippen LogP contribution in [-0.4, -0.2) is 43.0 Å². The summed E-state index contributed by atoms with van der Waals surface area (Å²) < 4.78 is 5.43. The Morgan fingerprint density at radius 2 is 2.07 bits per heavy atom. The van der Waals surface area contributed by atoms with Crippen molar-refractivity contribution in [3.63, 3.8) is 0 Å². The molecule has 2 aromatic carbocycles. The summed E-state index contributed by atoms with van der Waals surface area (Å²) in [6.45, 7) is 1.97. The van der Waals surface area contributed by atoms with Crippen molar-refractivity contribution in [1.29, 1.82) is 0 Å². The normalized spacial score (nSPS) is 18.6. The fourth-order valence-corrected chi connectivity index (χ4v) is 3.53. The number of carbonyl (C=O) groups is 2. The minimum atomic E-state index is -0.195. The zero-order chi connectivity index (χ0) is 18.1. The number of nitrogens with zero attached hydrogens (tertiary/aromatic N) is 1. The molecule has 0 saturated carbocycles. The molecule has 0 aliphatic carbocycles. The fourth-order valence-electron chi connectivity index (χ4n) is 3.33. The summed E-state index contributed by atoms with van der Waals surface area (Å²) in [6, 6.07) is 12.6. The van der Waals surface area contributed by atoms with Gasteiger partial charge in [0.25, 0.3) is 11.8 Å². The average Bonchev–Trinajstić information content (AvgIpc) is 2.67. The van der Waals surface area contributed by atoms with Gasteiger partial charge in [-0.15, -0.1) is 12.4 Å². The molecule has 0 spiro atoms. The van der Waals surface area contributed by atoms with Crippen molar-refractivity contribution < 1.29 is 14.3 Å². The van der Waals surface area contributed by atoms with E-state index in [0.29, 0.717) is 35.1 Å². The Morgan fingerprint density at radius 1 is 1.22 bits per heavy atom. The van der Waals surface area contributed by atoms with E-state index in [2.05, 4.69) is 10.6 Å². The van der Waals surface area contributed by atoms with Crippen LogP contribution in [0.25, 0.3) is 0 Å². The summed E-state index contributed by atoms with van der Waals surface area (Å²) >= 11 is 6.12. The molecule has 1 fully saturated rings. The number of piperazine rings is 1. The van der Waals surface area contributed by atoms with Crippen molar-refractivity contribution in [3.8, 4) is 5.75 Å². The SMILES string of the molecule is Cl.O=C1COc2cc(C(=O)N3CCNCC3c3cccc(Cl)c3)ccc2N1. The molecule has 27 heavy (non-hydrogen) atoms. The first-order chi connectivity index (χ1) is 12.6. The highest BCUT2D eigenvalue weighted by Crippen LogP contribution is 2.31. The smallest absolute Gasteiger partial charge is 0.262 e. The van der Waals surface area contributed by atoms with Crippen LogP contribution in [0.15, 0.2) is 42.5 Å². The molecule has 0 aromatic heterocycles. The second-order valence-corrected chi connectivity index (χ2v) is 6.76. The molecule has 2 amide bonds. The van der Waals surface area contributed by atoms with Crippen LogP contribution in [0.2, 0.25) is 5.02 Å². The number of anilines is 1. The Hall–Kier alpha value is -2.28. The van der Waals surface area contributed by atoms with Crippen LogP contribution >= 0.6 is 24.0 Å². The molecule has 2 aromatic rings. The van der Waals surface area contributed by atoms with Gasteiger partial charge in [-0.1, -0.05) is 23.7 Å². The van der Waals surface area contributed by atoms with Gasteiger partial charge in [0.1, 0.15) is 5.75 Å². The van der Waals surface area contributed by atoms with Crippen LogP contribution < -0.4 is 15.4 Å². The highest BCUT2D eigenvalue weighted by molar-refractivity contribution is 6.30. The van der Waals surface area contributed by atoms with Gasteiger partial charge in [-0.05, 0) is 35.9 Å². The first-order valence-corrected chi connectivity index (χ1v) is 8.83. The molecule has 2 aliphatic heterocycles. The summed E-state index contributed by atoms with van der Waals surface area (Å²) in [6.07, 6.45) is 0. The van der Waals surface area contributed by atoms with Crippen LogP contribution in [0.1, 0.15) is 22.0 Å². The van der Waals surface area contributed by atoms with Gasteiger partial charge in [0.05, 0.1) is 11.7 Å². The minimum Gasteiger partial charge on any atom is -0.482 e. The summed E-state index contributed by atoms with van der Waals surface area (Å²) in [7, 11) is 0. The maximum atomic E-state index is 13.1. The topological polar surface area (TPSA) is 70.7 Å². The fraction of sp³-hybridized carbons (Fsp3) is 0.263. The van der Waals surface area contributed by atoms with E-state index in [9.17, 15) is 9.59 Å². The van der Waals surface area contributed by atoms with Crippen molar-refractivity contribution in [1.82, 2.24) is 10.2 Å². The zero-order valence-electron chi connectivity index (χ0n) is 14.4. The summed E-state index contributed by atoms with van der Waals surface area (Å²) in [5, 5.41) is 6.72. The average molecular weight is 408 g/mol. The number of carbonyl (C=O) groups excluding carboxylic acids is 2. The molecule has 4 rings (SSSR count). The van der Waals surface area contributed by atoms with Crippen molar-refractivity contribution in [3.05, 3.63) is 58.6 Å². The lowest BCUT2D eigenvalue weighted by atomic mass is 10.0. The largest absolute Gasteiger partial charge is 0.482 e. The van der Waals surface area contributed by atoms with Crippen LogP contribution in [0.4, 0.5) is 5.69 Å². The molecule has 8 heteroatoms. The highest BCUT2D eigenvalue weighted by atomic mass is 35.5. The van der Waals surface area contributed by atoms with Crippen LogP contribution in [0, 0.1) is 0 Å². The number of ether oxygens (including phenoxy) is 1. The van der Waals surface area contributed by atoms with Gasteiger partial charge in [0.15, 0.2) is 6.61 Å². The molecule has 2 heterocycles. The van der Waals surface area contributed by atoms with Crippen molar-refractivity contribution >= 4 is 41.5 Å². The first-order valence-electron chi connectivity index (χ1n) is 8.46. The molecule has 0 bridgehead atoms. The van der Waals surface area contributed by atoms with E-state index in [1.807, 2.05) is 29.2 Å². The number of halogens is 2. The minimum absolute atomic E-state index is 0. The lowest BCUT2D eigenvalue weighted by Crippen LogP contribution is -2.48. The van der Waals surface area contributed by atoms with Gasteiger partial charge in [0, 0.05) is 30.2 Å². The van der Waals surface area contributed by atoms with Gasteiger partial charge in [-0.3, -0.25) is 9.59 Å². The number of rotatable bonds is 2. The molecular weight excluding hydrogens is 389 g/mol. The maximum absolute atomic E-state index is 13.1. The zero-order valence-corrected chi connectivity index (χ0v) is 16.0. The van der Waals surface area contributed by atoms with Crippen molar-refractivity contribution in [2.75, 3.05) is 31.6 Å². The predicted octanol–water partition coefficient (Wildman–Crippen LogP) is 2.88. The lowest BCUT2D eigenvalue weighted by molar-refractivity contribution is -0.118. The third-order valence-corrected chi connectivity index (χ3v) is 4.83. The van der Waals surface area contributed by atoms with Crippen molar-refractivity contribution in [2.45, 2.75) is 6.04 Å². The number of hydrogen-bond donors (Lipinski definition) is 2. The van der Waals surface area contributed by atoms with E-state index >= 15 is 0 Å². The standard InChI is InChI=1S/C19H18ClN3O3.ClH/c20-14-3-1-2-12(8-14)16-10-21-6-7-23(16)19(25)13-4-5-15-17(9-13)26-11-18(24)22-15;/h1-5,8-9,16,21H,6-7,10-11H2,(H,22,24);1H. The first kappa shape index (κ1) is 19.5. The number of nitrogens with one attached hydrogen (secondary N) is 2. The number of amides is 2. The Morgan fingerprint density at radius 3 is 2.89 bits per heavy atom. The van der Waals surface area contributed by atoms with Gasteiger partial charge in [-0.2, -0.15) is 0 Å². The van der Waals surface area contributed by atoms with Crippen molar-refractivity contribution in [2.24, 2.45) is 0 Å². The monoisotopic (exact) mass is 407 g/mol. The molecule has 1 atom stereocenters. The Bertz CT molecular complexity index is 875. The summed E-state index contributed by atoms with van der Waals surface area (Å²) in [5.41, 5.74) is 2.12. The quantitative estimate of drug-likeness (QED) is 0.802.